The highest BCUT2D eigenvalue weighted by Gasteiger charge is 2.05. The fourth-order valence-corrected chi connectivity index (χ4v) is 0.700. The highest BCUT2D eigenvalue weighted by atomic mass is 16.1. The minimum absolute atomic E-state index is 0.0494. The summed E-state index contributed by atoms with van der Waals surface area (Å²) in [5.41, 5.74) is 0.963. The van der Waals surface area contributed by atoms with Crippen molar-refractivity contribution in [1.29, 1.82) is 0 Å². The number of rotatable bonds is 4. The number of carbonyl (C=O) groups is 1. The summed E-state index contributed by atoms with van der Waals surface area (Å²) in [6.45, 7) is 5.21. The second-order valence-electron chi connectivity index (χ2n) is 2.53. The maximum absolute atomic E-state index is 11.1. The first-order valence-electron chi connectivity index (χ1n) is 3.72. The van der Waals surface area contributed by atoms with Gasteiger partial charge < -0.3 is 0 Å². The van der Waals surface area contributed by atoms with Crippen molar-refractivity contribution in [1.82, 2.24) is 0 Å². The molecule has 0 atom stereocenters. The van der Waals surface area contributed by atoms with Gasteiger partial charge >= 0.3 is 0 Å². The summed E-state index contributed by atoms with van der Waals surface area (Å²) in [4.78, 5) is 21.2. The molecule has 0 bridgehead atoms. The molecule has 0 saturated carbocycles. The van der Waals surface area contributed by atoms with Gasteiger partial charge in [-0.3, -0.25) is 9.59 Å². The van der Waals surface area contributed by atoms with Gasteiger partial charge in [-0.15, -0.1) is 0 Å². The molecular formula is C9H13O2. The van der Waals surface area contributed by atoms with Crippen LogP contribution in [-0.4, -0.2) is 12.1 Å². The topological polar surface area (TPSA) is 34.1 Å². The average molecular weight is 153 g/mol. The maximum Gasteiger partial charge on any atom is 0.229 e. The van der Waals surface area contributed by atoms with Gasteiger partial charge in [-0.05, 0) is 25.8 Å². The first kappa shape index (κ1) is 10.1. The van der Waals surface area contributed by atoms with Gasteiger partial charge in [0.2, 0.25) is 6.29 Å². The number of hydrogen-bond acceptors (Lipinski definition) is 2. The van der Waals surface area contributed by atoms with E-state index in [4.69, 9.17) is 0 Å². The van der Waals surface area contributed by atoms with Gasteiger partial charge in [0.05, 0.1) is 0 Å². The molecule has 0 aliphatic heterocycles. The van der Waals surface area contributed by atoms with E-state index in [0.29, 0.717) is 17.6 Å². The van der Waals surface area contributed by atoms with Gasteiger partial charge in [-0.25, -0.2) is 0 Å². The van der Waals surface area contributed by atoms with Crippen LogP contribution in [0.5, 0.6) is 0 Å². The molecule has 0 aromatic heterocycles. The van der Waals surface area contributed by atoms with Gasteiger partial charge in [-0.2, -0.15) is 0 Å². The Morgan fingerprint density at radius 3 is 2.27 bits per heavy atom. The summed E-state index contributed by atoms with van der Waals surface area (Å²) in [5, 5.41) is 0. The maximum atomic E-state index is 11.1. The lowest BCUT2D eigenvalue weighted by atomic mass is 10.0. The van der Waals surface area contributed by atoms with E-state index in [1.165, 1.54) is 0 Å². The summed E-state index contributed by atoms with van der Waals surface area (Å²) in [6, 6.07) is 0. The Labute approximate surface area is 67.3 Å². The molecule has 0 amide bonds. The monoisotopic (exact) mass is 153 g/mol. The fraction of sp³-hybridized carbons (Fsp3) is 0.556. The third-order valence-electron chi connectivity index (χ3n) is 1.61. The van der Waals surface area contributed by atoms with Gasteiger partial charge in [-0.1, -0.05) is 6.92 Å². The third kappa shape index (κ3) is 3.12. The molecule has 0 N–H and O–H groups in total. The zero-order valence-electron chi connectivity index (χ0n) is 7.23. The Bertz CT molecular complexity index is 190. The first-order valence-corrected chi connectivity index (χ1v) is 3.72. The van der Waals surface area contributed by atoms with Crippen LogP contribution < -0.4 is 0 Å². The van der Waals surface area contributed by atoms with E-state index in [-0.39, 0.29) is 5.78 Å². The van der Waals surface area contributed by atoms with Crippen LogP contribution in [0.4, 0.5) is 0 Å². The first-order chi connectivity index (χ1) is 5.13. The van der Waals surface area contributed by atoms with Crippen molar-refractivity contribution in [2.45, 2.75) is 33.6 Å². The second kappa shape index (κ2) is 4.83. The van der Waals surface area contributed by atoms with Crippen molar-refractivity contribution in [2.24, 2.45) is 0 Å². The molecule has 0 aliphatic rings. The molecule has 0 heterocycles. The summed E-state index contributed by atoms with van der Waals surface area (Å²) >= 11 is 0. The van der Waals surface area contributed by atoms with Crippen LogP contribution in [0.3, 0.4) is 0 Å². The number of allylic oxidation sites excluding steroid dienone is 2. The molecule has 0 aromatic carbocycles. The van der Waals surface area contributed by atoms with Crippen molar-refractivity contribution in [3.8, 4) is 0 Å². The number of carbonyl (C=O) groups excluding carboxylic acids is 2. The highest BCUT2D eigenvalue weighted by molar-refractivity contribution is 5.99. The number of hydrogen-bond donors (Lipinski definition) is 0. The smallest absolute Gasteiger partial charge is 0.229 e. The standard InChI is InChI=1S/C9H13O2/c1-4-5-9(11)8(3)7(2)6-10/h4-5H2,1-3H3/b8-7+. The molecule has 1 radical (unpaired) electrons. The van der Waals surface area contributed by atoms with Crippen molar-refractivity contribution < 1.29 is 9.59 Å². The lowest BCUT2D eigenvalue weighted by molar-refractivity contribution is -0.115. The lowest BCUT2D eigenvalue weighted by Gasteiger charge is -1.98. The summed E-state index contributed by atoms with van der Waals surface area (Å²) in [5.74, 6) is 0.0494. The molecule has 2 nitrogen and oxygen atoms in total. The molecular weight excluding hydrogens is 140 g/mol. The number of ketones is 1. The fourth-order valence-electron chi connectivity index (χ4n) is 0.700. The largest absolute Gasteiger partial charge is 0.295 e. The Kier molecular flexibility index (Phi) is 4.42. The van der Waals surface area contributed by atoms with Crippen LogP contribution in [0.1, 0.15) is 33.6 Å². The summed E-state index contributed by atoms with van der Waals surface area (Å²) in [7, 11) is 0. The van der Waals surface area contributed by atoms with Crippen molar-refractivity contribution in [2.75, 3.05) is 0 Å². The highest BCUT2D eigenvalue weighted by Crippen LogP contribution is 2.05. The minimum atomic E-state index is 0.0494. The molecule has 0 aromatic rings. The van der Waals surface area contributed by atoms with E-state index in [9.17, 15) is 9.59 Å². The predicted octanol–water partition coefficient (Wildman–Crippen LogP) is 1.80. The van der Waals surface area contributed by atoms with Crippen LogP contribution in [0.2, 0.25) is 0 Å². The molecule has 0 rings (SSSR count). The lowest BCUT2D eigenvalue weighted by Crippen LogP contribution is -2.01. The zero-order valence-corrected chi connectivity index (χ0v) is 7.23. The Balaban J connectivity index is 4.33. The Morgan fingerprint density at radius 1 is 1.36 bits per heavy atom. The zero-order chi connectivity index (χ0) is 8.85. The minimum Gasteiger partial charge on any atom is -0.295 e. The van der Waals surface area contributed by atoms with Crippen LogP contribution in [0, 0.1) is 0 Å². The second-order valence-corrected chi connectivity index (χ2v) is 2.53. The average Bonchev–Trinajstić information content (AvgIpc) is 2.02. The Morgan fingerprint density at radius 2 is 1.91 bits per heavy atom. The Hall–Kier alpha value is -0.920. The van der Waals surface area contributed by atoms with Gasteiger partial charge in [0.1, 0.15) is 0 Å². The molecule has 0 unspecified atom stereocenters. The van der Waals surface area contributed by atoms with Crippen molar-refractivity contribution in [3.63, 3.8) is 0 Å². The number of Topliss-reactive ketones (excluding diaryl/α,β-unsaturated/α-hetero) is 1. The van der Waals surface area contributed by atoms with Gasteiger partial charge in [0, 0.05) is 12.0 Å². The van der Waals surface area contributed by atoms with E-state index in [1.807, 2.05) is 6.92 Å². The molecule has 61 valence electrons. The molecule has 0 aliphatic carbocycles. The van der Waals surface area contributed by atoms with Crippen LogP contribution in [0.25, 0.3) is 0 Å². The molecule has 0 fully saturated rings. The molecule has 2 heteroatoms. The van der Waals surface area contributed by atoms with Crippen LogP contribution >= 0.6 is 0 Å². The van der Waals surface area contributed by atoms with E-state index in [0.717, 1.165) is 6.42 Å². The van der Waals surface area contributed by atoms with Crippen LogP contribution in [-0.2, 0) is 9.59 Å². The SMILES string of the molecule is CCCC(=O)/C(C)=C(\C)[C]=O. The summed E-state index contributed by atoms with van der Waals surface area (Å²) in [6.07, 6.45) is 3.05. The van der Waals surface area contributed by atoms with Crippen LogP contribution in [0.15, 0.2) is 11.1 Å². The third-order valence-corrected chi connectivity index (χ3v) is 1.61. The quantitative estimate of drug-likeness (QED) is 0.577. The van der Waals surface area contributed by atoms with E-state index < -0.39 is 0 Å². The van der Waals surface area contributed by atoms with E-state index >= 15 is 0 Å². The van der Waals surface area contributed by atoms with Gasteiger partial charge in [0.15, 0.2) is 5.78 Å². The van der Waals surface area contributed by atoms with Crippen molar-refractivity contribution >= 4 is 12.1 Å². The van der Waals surface area contributed by atoms with Crippen molar-refractivity contribution in [3.05, 3.63) is 11.1 Å². The summed E-state index contributed by atoms with van der Waals surface area (Å²) < 4.78 is 0. The van der Waals surface area contributed by atoms with E-state index in [1.54, 1.807) is 20.1 Å². The van der Waals surface area contributed by atoms with Gasteiger partial charge in [0.25, 0.3) is 0 Å². The molecule has 0 saturated heterocycles. The molecule has 0 spiro atoms. The normalized spacial score (nSPS) is 12.3. The molecule has 11 heavy (non-hydrogen) atoms. The predicted molar refractivity (Wildman–Crippen MR) is 44.0 cm³/mol. The van der Waals surface area contributed by atoms with E-state index in [2.05, 4.69) is 0 Å².